The van der Waals surface area contributed by atoms with Gasteiger partial charge in [0.05, 0.1) is 18.8 Å². The van der Waals surface area contributed by atoms with Crippen molar-refractivity contribution >= 4 is 22.2 Å². The van der Waals surface area contributed by atoms with Gasteiger partial charge in [-0.1, -0.05) is 30.3 Å². The number of aromatic nitrogens is 2. The molecule has 2 aromatic heterocycles. The summed E-state index contributed by atoms with van der Waals surface area (Å²) < 4.78 is 5.29. The highest BCUT2D eigenvalue weighted by molar-refractivity contribution is 7.10. The summed E-state index contributed by atoms with van der Waals surface area (Å²) in [5.74, 6) is 0.829. The van der Waals surface area contributed by atoms with Crippen LogP contribution in [0.15, 0.2) is 60.1 Å². The van der Waals surface area contributed by atoms with Gasteiger partial charge in [0.25, 0.3) is 0 Å². The molecule has 4 rings (SSSR count). The first-order valence-electron chi connectivity index (χ1n) is 8.15. The van der Waals surface area contributed by atoms with Crippen molar-refractivity contribution in [3.63, 3.8) is 0 Å². The van der Waals surface area contributed by atoms with Crippen molar-refractivity contribution in [2.75, 3.05) is 7.11 Å². The van der Waals surface area contributed by atoms with Gasteiger partial charge in [-0.05, 0) is 30.2 Å². The molecule has 1 unspecified atom stereocenters. The summed E-state index contributed by atoms with van der Waals surface area (Å²) in [6, 6.07) is 16.1. The molecule has 0 saturated heterocycles. The first-order valence-corrected chi connectivity index (χ1v) is 9.03. The number of hydrogen-bond acceptors (Lipinski definition) is 4. The third kappa shape index (κ3) is 3.16. The number of thiazole rings is 1. The van der Waals surface area contributed by atoms with Gasteiger partial charge >= 0.3 is 0 Å². The predicted octanol–water partition coefficient (Wildman–Crippen LogP) is 4.54. The van der Waals surface area contributed by atoms with Gasteiger partial charge in [-0.3, -0.25) is 0 Å². The van der Waals surface area contributed by atoms with Gasteiger partial charge in [-0.15, -0.1) is 11.3 Å². The lowest BCUT2D eigenvalue weighted by Gasteiger charge is -2.07. The van der Waals surface area contributed by atoms with Crippen LogP contribution in [0.1, 0.15) is 16.6 Å². The van der Waals surface area contributed by atoms with Crippen LogP contribution in [0, 0.1) is 0 Å². The zero-order valence-electron chi connectivity index (χ0n) is 13.9. The maximum Gasteiger partial charge on any atom is 0.119 e. The predicted molar refractivity (Wildman–Crippen MR) is 103 cm³/mol. The van der Waals surface area contributed by atoms with Crippen LogP contribution in [-0.4, -0.2) is 17.1 Å². The summed E-state index contributed by atoms with van der Waals surface area (Å²) >= 11 is 1.61. The second kappa shape index (κ2) is 6.70. The van der Waals surface area contributed by atoms with E-state index in [0.717, 1.165) is 34.0 Å². The van der Waals surface area contributed by atoms with Gasteiger partial charge < -0.3 is 15.5 Å². The molecule has 0 fully saturated rings. The number of nitrogens with zero attached hydrogens (tertiary/aromatic N) is 1. The van der Waals surface area contributed by atoms with E-state index >= 15 is 0 Å². The van der Waals surface area contributed by atoms with Crippen LogP contribution in [0.2, 0.25) is 0 Å². The van der Waals surface area contributed by atoms with Crippen LogP contribution in [0.3, 0.4) is 0 Å². The average molecular weight is 349 g/mol. The highest BCUT2D eigenvalue weighted by Crippen LogP contribution is 2.29. The molecule has 1 atom stereocenters. The van der Waals surface area contributed by atoms with Crippen LogP contribution >= 0.6 is 11.3 Å². The number of hydrogen-bond donors (Lipinski definition) is 2. The molecule has 0 aliphatic carbocycles. The second-order valence-corrected chi connectivity index (χ2v) is 6.86. The molecule has 4 nitrogen and oxygen atoms in total. The summed E-state index contributed by atoms with van der Waals surface area (Å²) in [6.07, 6.45) is 2.80. The fourth-order valence-electron chi connectivity index (χ4n) is 3.00. The lowest BCUT2D eigenvalue weighted by Crippen LogP contribution is -2.12. The molecule has 0 radical (unpaired) electrons. The number of rotatable bonds is 5. The van der Waals surface area contributed by atoms with Gasteiger partial charge in [-0.25, -0.2) is 4.98 Å². The highest BCUT2D eigenvalue weighted by Gasteiger charge is 2.15. The maximum absolute atomic E-state index is 6.43. The van der Waals surface area contributed by atoms with Gasteiger partial charge in [0, 0.05) is 28.0 Å². The third-order valence-electron chi connectivity index (χ3n) is 4.32. The first-order chi connectivity index (χ1) is 12.2. The molecule has 2 heterocycles. The quantitative estimate of drug-likeness (QED) is 0.556. The minimum absolute atomic E-state index is 0.122. The van der Waals surface area contributed by atoms with Gasteiger partial charge in [0.15, 0.2) is 0 Å². The van der Waals surface area contributed by atoms with E-state index in [2.05, 4.69) is 28.6 Å². The number of benzene rings is 2. The average Bonchev–Trinajstić information content (AvgIpc) is 3.30. The van der Waals surface area contributed by atoms with Crippen LogP contribution in [0.4, 0.5) is 0 Å². The monoisotopic (exact) mass is 349 g/mol. The summed E-state index contributed by atoms with van der Waals surface area (Å²) in [5, 5.41) is 4.23. The molecule has 0 amide bonds. The lowest BCUT2D eigenvalue weighted by atomic mass is 10.1. The number of para-hydroxylation sites is 1. The minimum Gasteiger partial charge on any atom is -0.497 e. The third-order valence-corrected chi connectivity index (χ3v) is 5.30. The van der Waals surface area contributed by atoms with E-state index in [-0.39, 0.29) is 6.04 Å². The smallest absolute Gasteiger partial charge is 0.119 e. The number of methoxy groups -OCH3 is 1. The number of fused-ring (bicyclic) bond motifs is 1. The van der Waals surface area contributed by atoms with Gasteiger partial charge in [-0.2, -0.15) is 0 Å². The number of aromatic amines is 1. The Morgan fingerprint density at radius 2 is 2.08 bits per heavy atom. The molecule has 0 saturated carbocycles. The molecule has 0 aliphatic rings. The van der Waals surface area contributed by atoms with Gasteiger partial charge in [0.2, 0.25) is 0 Å². The minimum atomic E-state index is -0.122. The fourth-order valence-corrected chi connectivity index (χ4v) is 3.83. The molecule has 4 aromatic rings. The lowest BCUT2D eigenvalue weighted by molar-refractivity contribution is 0.415. The maximum atomic E-state index is 6.43. The molecule has 0 spiro atoms. The van der Waals surface area contributed by atoms with Crippen LogP contribution in [0.25, 0.3) is 22.2 Å². The molecule has 0 bridgehead atoms. The van der Waals surface area contributed by atoms with Crippen molar-refractivity contribution in [1.29, 1.82) is 0 Å². The largest absolute Gasteiger partial charge is 0.497 e. The Morgan fingerprint density at radius 3 is 2.96 bits per heavy atom. The van der Waals surface area contributed by atoms with E-state index in [4.69, 9.17) is 15.5 Å². The Bertz CT molecular complexity index is 1000. The molecule has 0 aliphatic heterocycles. The fraction of sp³-hybridized carbons (Fsp3) is 0.150. The summed E-state index contributed by atoms with van der Waals surface area (Å²) in [4.78, 5) is 8.05. The van der Waals surface area contributed by atoms with Crippen LogP contribution in [-0.2, 0) is 6.42 Å². The second-order valence-electron chi connectivity index (χ2n) is 5.97. The Kier molecular flexibility index (Phi) is 4.26. The summed E-state index contributed by atoms with van der Waals surface area (Å²) in [6.45, 7) is 0. The molecule has 5 heteroatoms. The van der Waals surface area contributed by atoms with Crippen molar-refractivity contribution in [1.82, 2.24) is 9.97 Å². The van der Waals surface area contributed by atoms with E-state index in [1.807, 2.05) is 36.5 Å². The Hall–Kier alpha value is -2.63. The van der Waals surface area contributed by atoms with E-state index in [1.54, 1.807) is 18.4 Å². The molecular formula is C20H19N3OS. The van der Waals surface area contributed by atoms with E-state index < -0.39 is 0 Å². The SMILES string of the molecule is COc1cccc(-c2csc(C(N)Cc3c[nH]c4ccccc34)n2)c1. The highest BCUT2D eigenvalue weighted by atomic mass is 32.1. The van der Waals surface area contributed by atoms with Crippen molar-refractivity contribution in [2.45, 2.75) is 12.5 Å². The van der Waals surface area contributed by atoms with Crippen molar-refractivity contribution < 1.29 is 4.74 Å². The standard InChI is InChI=1S/C20H19N3OS/c1-24-15-6-4-5-13(9-15)19-12-25-20(23-19)17(21)10-14-11-22-18-8-3-2-7-16(14)18/h2-9,11-12,17,22H,10,21H2,1H3. The zero-order valence-corrected chi connectivity index (χ0v) is 14.7. The summed E-state index contributed by atoms with van der Waals surface area (Å²) in [7, 11) is 1.67. The first kappa shape index (κ1) is 15.9. The molecule has 2 aromatic carbocycles. The number of H-pyrrole nitrogens is 1. The van der Waals surface area contributed by atoms with E-state index in [0.29, 0.717) is 0 Å². The Morgan fingerprint density at radius 1 is 1.20 bits per heavy atom. The van der Waals surface area contributed by atoms with Crippen LogP contribution < -0.4 is 10.5 Å². The van der Waals surface area contributed by atoms with Crippen molar-refractivity contribution in [3.8, 4) is 17.0 Å². The van der Waals surface area contributed by atoms with Crippen LogP contribution in [0.5, 0.6) is 5.75 Å². The molecule has 126 valence electrons. The summed E-state index contributed by atoms with van der Waals surface area (Å²) in [5.41, 5.74) is 10.8. The van der Waals surface area contributed by atoms with Crippen molar-refractivity contribution in [2.24, 2.45) is 5.73 Å². The molecular weight excluding hydrogens is 330 g/mol. The number of ether oxygens (including phenoxy) is 1. The zero-order chi connectivity index (χ0) is 17.2. The van der Waals surface area contributed by atoms with E-state index in [9.17, 15) is 0 Å². The van der Waals surface area contributed by atoms with Gasteiger partial charge in [0.1, 0.15) is 10.8 Å². The Balaban J connectivity index is 1.57. The normalized spacial score (nSPS) is 12.4. The topological polar surface area (TPSA) is 63.9 Å². The number of nitrogens with one attached hydrogen (secondary N) is 1. The molecule has 25 heavy (non-hydrogen) atoms. The van der Waals surface area contributed by atoms with Crippen molar-refractivity contribution in [3.05, 3.63) is 70.7 Å². The Labute approximate surface area is 150 Å². The molecule has 3 N–H and O–H groups in total. The van der Waals surface area contributed by atoms with E-state index in [1.165, 1.54) is 10.9 Å². The number of nitrogens with two attached hydrogens (primary N) is 1.